The van der Waals surface area contributed by atoms with Crippen molar-refractivity contribution in [1.29, 1.82) is 0 Å². The maximum atomic E-state index is 11.8. The van der Waals surface area contributed by atoms with E-state index in [4.69, 9.17) is 9.26 Å². The van der Waals surface area contributed by atoms with Crippen molar-refractivity contribution in [3.05, 3.63) is 12.3 Å². The molecule has 0 N–H and O–H groups in total. The van der Waals surface area contributed by atoms with E-state index in [2.05, 4.69) is 23.3 Å². The van der Waals surface area contributed by atoms with Crippen LogP contribution in [-0.4, -0.2) is 12.1 Å². The van der Waals surface area contributed by atoms with Gasteiger partial charge in [0.25, 0.3) is 0 Å². The smallest absolute Gasteiger partial charge is 0.340 e. The molecule has 2 atom stereocenters. The molecule has 2 unspecified atom stereocenters. The second kappa shape index (κ2) is 18.9. The zero-order valence-electron chi connectivity index (χ0n) is 15.9. The van der Waals surface area contributed by atoms with Gasteiger partial charge >= 0.3 is 5.97 Å². The van der Waals surface area contributed by atoms with Crippen LogP contribution in [0.2, 0.25) is 0 Å². The van der Waals surface area contributed by atoms with Gasteiger partial charge in [-0.3, -0.25) is 0 Å². The number of carbonyl (C=O) groups is 1. The molecule has 0 aliphatic rings. The second-order valence-corrected chi connectivity index (χ2v) is 6.82. The third-order valence-electron chi connectivity index (χ3n) is 4.25. The van der Waals surface area contributed by atoms with Crippen LogP contribution >= 0.6 is 9.47 Å². The number of carbonyl (C=O) groups excluding carboxylic acids is 1. The number of allylic oxidation sites excluding steroid dienone is 1. The first-order valence-corrected chi connectivity index (χ1v) is 10.4. The summed E-state index contributed by atoms with van der Waals surface area (Å²) < 4.78 is 10.2. The lowest BCUT2D eigenvalue weighted by atomic mass is 10.1. The molecule has 0 heterocycles. The number of hydrogen-bond acceptors (Lipinski definition) is 3. The molecule has 0 aromatic carbocycles. The van der Waals surface area contributed by atoms with E-state index < -0.39 is 6.10 Å². The summed E-state index contributed by atoms with van der Waals surface area (Å²) in [4.78, 5) is 11.8. The number of rotatable bonds is 17. The lowest BCUT2D eigenvalue weighted by Gasteiger charge is -2.11. The standard InChI is InChI=1S/C20H39O3P/c1-3-5-7-8-9-10-11-12-13-14-15-16-18-22-20(21)19(23-24)17-6-4-2/h16,18-19H,3-15,17,24H2,1-2H3. The zero-order valence-corrected chi connectivity index (χ0v) is 17.1. The molecule has 0 saturated carbocycles. The number of unbranched alkanes of at least 4 members (excludes halogenated alkanes) is 11. The molecule has 24 heavy (non-hydrogen) atoms. The highest BCUT2D eigenvalue weighted by Gasteiger charge is 2.17. The van der Waals surface area contributed by atoms with Crippen LogP contribution in [0, 0.1) is 0 Å². The first kappa shape index (κ1) is 23.6. The Morgan fingerprint density at radius 3 is 1.96 bits per heavy atom. The highest BCUT2D eigenvalue weighted by molar-refractivity contribution is 7.09. The monoisotopic (exact) mass is 358 g/mol. The highest BCUT2D eigenvalue weighted by atomic mass is 31.0. The summed E-state index contributed by atoms with van der Waals surface area (Å²) in [7, 11) is 2.16. The Kier molecular flexibility index (Phi) is 18.6. The van der Waals surface area contributed by atoms with Gasteiger partial charge in [-0.2, -0.15) is 0 Å². The fourth-order valence-electron chi connectivity index (χ4n) is 2.64. The molecular weight excluding hydrogens is 319 g/mol. The highest BCUT2D eigenvalue weighted by Crippen LogP contribution is 2.12. The SMILES string of the molecule is CCCCCCCCCCCCC=COC(=O)C(CCCC)OP. The Hall–Kier alpha value is -0.400. The van der Waals surface area contributed by atoms with Crippen LogP contribution < -0.4 is 0 Å². The molecule has 0 saturated heterocycles. The van der Waals surface area contributed by atoms with Crippen LogP contribution in [0.4, 0.5) is 0 Å². The number of ether oxygens (including phenoxy) is 1. The quantitative estimate of drug-likeness (QED) is 0.125. The van der Waals surface area contributed by atoms with Crippen molar-refractivity contribution < 1.29 is 14.1 Å². The molecule has 0 spiro atoms. The molecular formula is C20H39O3P. The van der Waals surface area contributed by atoms with E-state index in [9.17, 15) is 4.79 Å². The van der Waals surface area contributed by atoms with Gasteiger partial charge in [-0.15, -0.1) is 0 Å². The van der Waals surface area contributed by atoms with Crippen LogP contribution in [-0.2, 0) is 14.1 Å². The normalized spacial score (nSPS) is 12.6. The lowest BCUT2D eigenvalue weighted by molar-refractivity contribution is -0.145. The summed E-state index contributed by atoms with van der Waals surface area (Å²) in [5, 5.41) is 0. The first-order chi connectivity index (χ1) is 11.8. The minimum absolute atomic E-state index is 0.294. The predicted molar refractivity (Wildman–Crippen MR) is 106 cm³/mol. The van der Waals surface area contributed by atoms with Crippen LogP contribution in [0.3, 0.4) is 0 Å². The van der Waals surface area contributed by atoms with Gasteiger partial charge < -0.3 is 9.26 Å². The van der Waals surface area contributed by atoms with E-state index in [1.165, 1.54) is 70.5 Å². The van der Waals surface area contributed by atoms with Gasteiger partial charge in [0.15, 0.2) is 6.10 Å². The van der Waals surface area contributed by atoms with E-state index >= 15 is 0 Å². The zero-order chi connectivity index (χ0) is 17.9. The first-order valence-electron chi connectivity index (χ1n) is 9.97. The van der Waals surface area contributed by atoms with Crippen LogP contribution in [0.25, 0.3) is 0 Å². The van der Waals surface area contributed by atoms with E-state index in [0.717, 1.165) is 19.3 Å². The topological polar surface area (TPSA) is 35.5 Å². The van der Waals surface area contributed by atoms with Crippen molar-refractivity contribution in [2.24, 2.45) is 0 Å². The van der Waals surface area contributed by atoms with E-state index in [0.29, 0.717) is 6.42 Å². The average Bonchev–Trinajstić information content (AvgIpc) is 2.59. The Labute approximate surface area is 152 Å². The summed E-state index contributed by atoms with van der Waals surface area (Å²) in [5.41, 5.74) is 0. The summed E-state index contributed by atoms with van der Waals surface area (Å²) in [6.45, 7) is 4.36. The predicted octanol–water partition coefficient (Wildman–Crippen LogP) is 6.72. The summed E-state index contributed by atoms with van der Waals surface area (Å²) in [6, 6.07) is 0. The number of esters is 1. The van der Waals surface area contributed by atoms with Gasteiger partial charge in [0.1, 0.15) is 0 Å². The van der Waals surface area contributed by atoms with Crippen LogP contribution in [0.15, 0.2) is 12.3 Å². The van der Waals surface area contributed by atoms with Gasteiger partial charge in [-0.05, 0) is 25.3 Å². The molecule has 4 heteroatoms. The molecule has 0 aliphatic heterocycles. The van der Waals surface area contributed by atoms with Gasteiger partial charge in [-0.1, -0.05) is 84.5 Å². The van der Waals surface area contributed by atoms with E-state index in [1.54, 1.807) is 0 Å². The minimum atomic E-state index is -0.461. The summed E-state index contributed by atoms with van der Waals surface area (Å²) in [5.74, 6) is -0.294. The Morgan fingerprint density at radius 1 is 0.875 bits per heavy atom. The third-order valence-corrected chi connectivity index (χ3v) is 4.58. The Morgan fingerprint density at radius 2 is 1.42 bits per heavy atom. The van der Waals surface area contributed by atoms with Gasteiger partial charge in [0.05, 0.1) is 6.26 Å². The van der Waals surface area contributed by atoms with Crippen molar-refractivity contribution in [1.82, 2.24) is 0 Å². The summed E-state index contributed by atoms with van der Waals surface area (Å²) in [6.07, 6.45) is 20.1. The molecule has 0 aromatic heterocycles. The van der Waals surface area contributed by atoms with Crippen LogP contribution in [0.5, 0.6) is 0 Å². The molecule has 0 rings (SSSR count). The molecule has 3 nitrogen and oxygen atoms in total. The molecule has 0 amide bonds. The maximum Gasteiger partial charge on any atom is 0.340 e. The Balaban J connectivity index is 3.44. The third kappa shape index (κ3) is 15.1. The second-order valence-electron chi connectivity index (χ2n) is 6.55. The molecule has 0 aromatic rings. The largest absolute Gasteiger partial charge is 0.433 e. The molecule has 142 valence electrons. The maximum absolute atomic E-state index is 11.8. The van der Waals surface area contributed by atoms with E-state index in [1.807, 2.05) is 6.08 Å². The van der Waals surface area contributed by atoms with Crippen molar-refractivity contribution in [3.8, 4) is 0 Å². The summed E-state index contributed by atoms with van der Waals surface area (Å²) >= 11 is 0. The van der Waals surface area contributed by atoms with Crippen LogP contribution in [0.1, 0.15) is 104 Å². The van der Waals surface area contributed by atoms with Crippen molar-refractivity contribution in [2.45, 2.75) is 110 Å². The number of hydrogen-bond donors (Lipinski definition) is 0. The van der Waals surface area contributed by atoms with Crippen molar-refractivity contribution in [3.63, 3.8) is 0 Å². The molecule has 0 bridgehead atoms. The van der Waals surface area contributed by atoms with Gasteiger partial charge in [0.2, 0.25) is 0 Å². The van der Waals surface area contributed by atoms with E-state index in [-0.39, 0.29) is 5.97 Å². The van der Waals surface area contributed by atoms with Crippen molar-refractivity contribution in [2.75, 3.05) is 0 Å². The lowest BCUT2D eigenvalue weighted by Crippen LogP contribution is -2.21. The molecule has 0 fully saturated rings. The fraction of sp³-hybridized carbons (Fsp3) is 0.850. The Bertz CT molecular complexity index is 305. The van der Waals surface area contributed by atoms with Gasteiger partial charge in [0, 0.05) is 9.47 Å². The van der Waals surface area contributed by atoms with Gasteiger partial charge in [-0.25, -0.2) is 4.79 Å². The average molecular weight is 359 g/mol. The molecule has 0 radical (unpaired) electrons. The fourth-order valence-corrected chi connectivity index (χ4v) is 2.89. The van der Waals surface area contributed by atoms with Crippen molar-refractivity contribution >= 4 is 15.4 Å². The minimum Gasteiger partial charge on any atom is -0.433 e. The molecule has 0 aliphatic carbocycles.